The van der Waals surface area contributed by atoms with E-state index in [1.165, 1.54) is 6.42 Å². The number of hydrogen-bond donors (Lipinski definition) is 1. The van der Waals surface area contributed by atoms with E-state index in [2.05, 4.69) is 43.2 Å². The first-order valence-corrected chi connectivity index (χ1v) is 7.85. The van der Waals surface area contributed by atoms with Gasteiger partial charge in [0.1, 0.15) is 11.9 Å². The molecule has 1 N–H and O–H groups in total. The summed E-state index contributed by atoms with van der Waals surface area (Å²) in [5.74, 6) is 0.950. The normalized spacial score (nSPS) is 24.3. The van der Waals surface area contributed by atoms with E-state index in [0.717, 1.165) is 29.6 Å². The van der Waals surface area contributed by atoms with Crippen molar-refractivity contribution in [1.82, 2.24) is 10.3 Å². The van der Waals surface area contributed by atoms with Crippen LogP contribution < -0.4 is 10.1 Å². The molecule has 2 unspecified atom stereocenters. The van der Waals surface area contributed by atoms with E-state index in [4.69, 9.17) is 4.74 Å². The van der Waals surface area contributed by atoms with Crippen molar-refractivity contribution >= 4 is 10.9 Å². The Labute approximate surface area is 126 Å². The van der Waals surface area contributed by atoms with Crippen LogP contribution in [0.25, 0.3) is 10.9 Å². The third kappa shape index (κ3) is 2.75. The van der Waals surface area contributed by atoms with Crippen LogP contribution in [0.15, 0.2) is 36.5 Å². The van der Waals surface area contributed by atoms with Gasteiger partial charge in [0.25, 0.3) is 0 Å². The van der Waals surface area contributed by atoms with Crippen molar-refractivity contribution in [1.29, 1.82) is 0 Å². The summed E-state index contributed by atoms with van der Waals surface area (Å²) in [7, 11) is 0. The maximum atomic E-state index is 6.39. The van der Waals surface area contributed by atoms with Crippen molar-refractivity contribution in [2.45, 2.75) is 45.8 Å². The highest BCUT2D eigenvalue weighted by Gasteiger charge is 2.42. The van der Waals surface area contributed by atoms with Gasteiger partial charge in [-0.05, 0) is 49.1 Å². The highest BCUT2D eigenvalue weighted by Crippen LogP contribution is 2.40. The van der Waals surface area contributed by atoms with Crippen LogP contribution in [0.2, 0.25) is 0 Å². The predicted octanol–water partition coefficient (Wildman–Crippen LogP) is 3.78. The average Bonchev–Trinajstić information content (AvgIpc) is 2.76. The van der Waals surface area contributed by atoms with Crippen LogP contribution >= 0.6 is 0 Å². The lowest BCUT2D eigenvalue weighted by Gasteiger charge is -2.31. The number of ether oxygens (including phenoxy) is 1. The minimum absolute atomic E-state index is 0.228. The van der Waals surface area contributed by atoms with Gasteiger partial charge in [-0.1, -0.05) is 26.8 Å². The lowest BCUT2D eigenvalue weighted by atomic mass is 9.87. The van der Waals surface area contributed by atoms with Gasteiger partial charge in [-0.15, -0.1) is 0 Å². The molecule has 1 saturated carbocycles. The molecule has 0 spiro atoms. The lowest BCUT2D eigenvalue weighted by Crippen LogP contribution is -2.46. The van der Waals surface area contributed by atoms with E-state index in [9.17, 15) is 0 Å². The molecule has 0 bridgehead atoms. The molecule has 2 aromatic rings. The molecule has 3 heteroatoms. The fraction of sp³-hybridized carbons (Fsp3) is 0.500. The van der Waals surface area contributed by atoms with Crippen molar-refractivity contribution < 1.29 is 4.74 Å². The highest BCUT2D eigenvalue weighted by molar-refractivity contribution is 5.84. The Balaban J connectivity index is 1.88. The third-order valence-electron chi connectivity index (χ3n) is 4.59. The zero-order valence-electron chi connectivity index (χ0n) is 13.1. The third-order valence-corrected chi connectivity index (χ3v) is 4.59. The number of fused-ring (bicyclic) bond motifs is 1. The number of likely N-dealkylation sites (N-methyl/N-ethyl adjacent to an activating group) is 1. The summed E-state index contributed by atoms with van der Waals surface area (Å²) in [6, 6.07) is 10.6. The van der Waals surface area contributed by atoms with E-state index < -0.39 is 0 Å². The van der Waals surface area contributed by atoms with Crippen molar-refractivity contribution in [3.05, 3.63) is 36.5 Å². The van der Waals surface area contributed by atoms with Crippen LogP contribution in [0.3, 0.4) is 0 Å². The monoisotopic (exact) mass is 284 g/mol. The fourth-order valence-electron chi connectivity index (χ4n) is 3.44. The predicted molar refractivity (Wildman–Crippen MR) is 86.6 cm³/mol. The van der Waals surface area contributed by atoms with Crippen LogP contribution in [-0.4, -0.2) is 23.7 Å². The molecule has 0 aliphatic heterocycles. The van der Waals surface area contributed by atoms with E-state index in [1.807, 2.05) is 24.4 Å². The van der Waals surface area contributed by atoms with E-state index in [-0.39, 0.29) is 11.5 Å². The van der Waals surface area contributed by atoms with Gasteiger partial charge in [-0.25, -0.2) is 0 Å². The van der Waals surface area contributed by atoms with Crippen LogP contribution in [0.1, 0.15) is 33.6 Å². The lowest BCUT2D eigenvalue weighted by molar-refractivity contribution is 0.143. The van der Waals surface area contributed by atoms with Crippen LogP contribution in [-0.2, 0) is 0 Å². The molecule has 1 heterocycles. The molecule has 1 aliphatic carbocycles. The molecule has 1 aromatic heterocycles. The number of benzene rings is 1. The first kappa shape index (κ1) is 14.3. The molecule has 3 rings (SSSR count). The van der Waals surface area contributed by atoms with Crippen LogP contribution in [0, 0.1) is 5.41 Å². The van der Waals surface area contributed by atoms with Crippen LogP contribution in [0.4, 0.5) is 0 Å². The first-order chi connectivity index (χ1) is 10.1. The minimum atomic E-state index is 0.228. The number of pyridine rings is 1. The van der Waals surface area contributed by atoms with Gasteiger partial charge in [0.05, 0.1) is 5.52 Å². The minimum Gasteiger partial charge on any atom is -0.488 e. The van der Waals surface area contributed by atoms with E-state index >= 15 is 0 Å². The molecule has 0 radical (unpaired) electrons. The zero-order valence-corrected chi connectivity index (χ0v) is 13.1. The maximum Gasteiger partial charge on any atom is 0.129 e. The van der Waals surface area contributed by atoms with Gasteiger partial charge < -0.3 is 10.1 Å². The first-order valence-electron chi connectivity index (χ1n) is 7.85. The standard InChI is InChI=1S/C18H24N2O/c1-4-19-17-16(10-11-18(17,2)3)21-15-9-5-8-14-13(15)7-6-12-20-14/h5-9,12,16-17,19H,4,10-11H2,1-3H3. The highest BCUT2D eigenvalue weighted by atomic mass is 16.5. The zero-order chi connectivity index (χ0) is 14.9. The molecule has 1 aromatic carbocycles. The van der Waals surface area contributed by atoms with Crippen molar-refractivity contribution in [3.63, 3.8) is 0 Å². The summed E-state index contributed by atoms with van der Waals surface area (Å²) in [4.78, 5) is 4.40. The molecule has 1 fully saturated rings. The Kier molecular flexibility index (Phi) is 3.85. The number of rotatable bonds is 4. The van der Waals surface area contributed by atoms with Gasteiger partial charge >= 0.3 is 0 Å². The second-order valence-corrected chi connectivity index (χ2v) is 6.55. The van der Waals surface area contributed by atoms with E-state index in [1.54, 1.807) is 0 Å². The summed E-state index contributed by atoms with van der Waals surface area (Å²) in [5, 5.41) is 4.71. The summed E-state index contributed by atoms with van der Waals surface area (Å²) in [6.07, 6.45) is 4.34. The van der Waals surface area contributed by atoms with Gasteiger partial charge in [0, 0.05) is 17.6 Å². The number of nitrogens with one attached hydrogen (secondary N) is 1. The van der Waals surface area contributed by atoms with Crippen molar-refractivity contribution in [2.75, 3.05) is 6.54 Å². The largest absolute Gasteiger partial charge is 0.488 e. The Morgan fingerprint density at radius 2 is 2.14 bits per heavy atom. The molecule has 3 nitrogen and oxygen atoms in total. The molecular formula is C18H24N2O. The quantitative estimate of drug-likeness (QED) is 0.927. The second kappa shape index (κ2) is 5.64. The molecular weight excluding hydrogens is 260 g/mol. The summed E-state index contributed by atoms with van der Waals surface area (Å²) >= 11 is 0. The SMILES string of the molecule is CCNC1C(Oc2cccc3ncccc23)CCC1(C)C. The van der Waals surface area contributed by atoms with Crippen LogP contribution in [0.5, 0.6) is 5.75 Å². The second-order valence-electron chi connectivity index (χ2n) is 6.55. The summed E-state index contributed by atoms with van der Waals surface area (Å²) in [5.41, 5.74) is 1.27. The fourth-order valence-corrected chi connectivity index (χ4v) is 3.44. The van der Waals surface area contributed by atoms with Gasteiger partial charge in [0.2, 0.25) is 0 Å². The molecule has 1 aliphatic rings. The topological polar surface area (TPSA) is 34.1 Å². The Morgan fingerprint density at radius 3 is 2.95 bits per heavy atom. The van der Waals surface area contributed by atoms with Gasteiger partial charge in [-0.3, -0.25) is 4.98 Å². The van der Waals surface area contributed by atoms with E-state index in [0.29, 0.717) is 6.04 Å². The van der Waals surface area contributed by atoms with Gasteiger partial charge in [0.15, 0.2) is 0 Å². The Bertz CT molecular complexity index is 618. The van der Waals surface area contributed by atoms with Crippen molar-refractivity contribution in [2.24, 2.45) is 5.41 Å². The number of hydrogen-bond acceptors (Lipinski definition) is 3. The Hall–Kier alpha value is -1.61. The average molecular weight is 284 g/mol. The molecule has 0 saturated heterocycles. The summed E-state index contributed by atoms with van der Waals surface area (Å²) < 4.78 is 6.39. The maximum absolute atomic E-state index is 6.39. The molecule has 21 heavy (non-hydrogen) atoms. The molecule has 0 amide bonds. The summed E-state index contributed by atoms with van der Waals surface area (Å²) in [6.45, 7) is 7.79. The van der Waals surface area contributed by atoms with Gasteiger partial charge in [-0.2, -0.15) is 0 Å². The molecule has 2 atom stereocenters. The molecule has 112 valence electrons. The number of nitrogens with zero attached hydrogens (tertiary/aromatic N) is 1. The smallest absolute Gasteiger partial charge is 0.129 e. The van der Waals surface area contributed by atoms with Crippen molar-refractivity contribution in [3.8, 4) is 5.75 Å². The number of aromatic nitrogens is 1. The Morgan fingerprint density at radius 1 is 1.29 bits per heavy atom.